The molecule has 364 valence electrons. The zero-order valence-electron chi connectivity index (χ0n) is 41.0. The molecule has 0 aliphatic carbocycles. The number of aliphatic hydroxyl groups excluding tert-OH is 1. The minimum atomic E-state index is -1.17. The van der Waals surface area contributed by atoms with E-state index in [-0.39, 0.29) is 43.9 Å². The van der Waals surface area contributed by atoms with Crippen molar-refractivity contribution in [3.8, 4) is 33.8 Å². The molecule has 13 nitrogen and oxygen atoms in total. The lowest BCUT2D eigenvalue weighted by atomic mass is 9.88. The zero-order valence-corrected chi connectivity index (χ0v) is 41.0. The first-order valence-corrected chi connectivity index (χ1v) is 24.0. The number of aliphatic hydroxyl groups is 1. The van der Waals surface area contributed by atoms with Crippen LogP contribution in [0.2, 0.25) is 0 Å². The molecule has 4 atom stereocenters. The molecule has 0 saturated carbocycles. The minimum absolute atomic E-state index is 0.0642. The first kappa shape index (κ1) is 52.6. The van der Waals surface area contributed by atoms with Gasteiger partial charge in [0.25, 0.3) is 0 Å². The van der Waals surface area contributed by atoms with Crippen LogP contribution in [0.3, 0.4) is 0 Å². The second-order valence-corrected chi connectivity index (χ2v) is 18.7. The van der Waals surface area contributed by atoms with Gasteiger partial charge in [-0.05, 0) is 105 Å². The molecule has 4 aromatic rings. The van der Waals surface area contributed by atoms with Gasteiger partial charge in [0.05, 0.1) is 31.5 Å². The second-order valence-electron chi connectivity index (χ2n) is 18.7. The lowest BCUT2D eigenvalue weighted by molar-refractivity contribution is -0.142. The normalized spacial score (nSPS) is 16.7. The smallest absolute Gasteiger partial charge is 0.407 e. The number of nitrogens with zero attached hydrogens (tertiary/aromatic N) is 1. The Morgan fingerprint density at radius 1 is 0.853 bits per heavy atom. The number of benzene rings is 4. The number of hydrogen-bond donors (Lipinski definition) is 4. The van der Waals surface area contributed by atoms with Gasteiger partial charge in [-0.1, -0.05) is 94.8 Å². The Morgan fingerprint density at radius 2 is 1.49 bits per heavy atom. The molecule has 0 spiro atoms. The summed E-state index contributed by atoms with van der Waals surface area (Å²) < 4.78 is 18.0. The predicted molar refractivity (Wildman–Crippen MR) is 265 cm³/mol. The van der Waals surface area contributed by atoms with Crippen LogP contribution in [0.4, 0.5) is 4.79 Å². The number of aryl methyl sites for hydroxylation is 1. The van der Waals surface area contributed by atoms with E-state index in [1.165, 1.54) is 10.5 Å². The summed E-state index contributed by atoms with van der Waals surface area (Å²) in [5.74, 6) is -2.19. The van der Waals surface area contributed by atoms with Crippen molar-refractivity contribution in [1.29, 1.82) is 5.41 Å². The number of carbonyl (C=O) groups excluding carboxylic acids is 5. The molecule has 0 aromatic heterocycles. The van der Waals surface area contributed by atoms with Gasteiger partial charge in [0.2, 0.25) is 11.8 Å². The van der Waals surface area contributed by atoms with Gasteiger partial charge in [0.1, 0.15) is 29.7 Å². The van der Waals surface area contributed by atoms with E-state index in [4.69, 9.17) is 19.6 Å². The fourth-order valence-electron chi connectivity index (χ4n) is 8.24. The molecular weight excluding hydrogens is 861 g/mol. The summed E-state index contributed by atoms with van der Waals surface area (Å²) in [4.78, 5) is 70.8. The van der Waals surface area contributed by atoms with E-state index in [9.17, 15) is 29.1 Å². The number of carbonyl (C=O) groups is 5. The summed E-state index contributed by atoms with van der Waals surface area (Å²) in [7, 11) is 1.56. The van der Waals surface area contributed by atoms with Crippen LogP contribution in [0.15, 0.2) is 84.9 Å². The molecule has 0 saturated heterocycles. The van der Waals surface area contributed by atoms with Crippen LogP contribution < -0.4 is 20.1 Å². The summed E-state index contributed by atoms with van der Waals surface area (Å²) in [5.41, 5.74) is 5.31. The number of likely N-dealkylation sites (N-methyl/N-ethyl adjacent to an activating group) is 1. The van der Waals surface area contributed by atoms with Gasteiger partial charge in [0.15, 0.2) is 11.6 Å². The van der Waals surface area contributed by atoms with Crippen LogP contribution in [0.1, 0.15) is 120 Å². The number of unbranched alkanes of at least 4 members (excludes halogenated alkanes) is 1. The van der Waals surface area contributed by atoms with Gasteiger partial charge in [-0.25, -0.2) is 4.79 Å². The standard InChI is InChI=1S/C55H70N4O9/c1-9-12-13-36-14-17-39(18-15-36)40-19-21-41(22-20-40)47(61)33-38(11-3)53(64)59(8)51-42-23-25-50(66-27-10-2)44(32-42)43-30-37(16-24-49(43)67-28-26-57-54(65)68-55(5,6)7)31-46(45(56)34-60)58-52(63)35(4)29-48(51)62/h14-25,30,32,35,38,46,51,56,60H,9-13,26-29,31,33-34H2,1-8H3,(H,57,65)(H,58,63)/t35-,38-,46+,51+/m1/s1. The van der Waals surface area contributed by atoms with E-state index in [0.29, 0.717) is 58.8 Å². The van der Waals surface area contributed by atoms with Gasteiger partial charge in [0, 0.05) is 48.4 Å². The van der Waals surface area contributed by atoms with Crippen molar-refractivity contribution in [2.75, 3.05) is 33.4 Å². The van der Waals surface area contributed by atoms with E-state index < -0.39 is 59.8 Å². The number of amides is 3. The van der Waals surface area contributed by atoms with E-state index >= 15 is 0 Å². The van der Waals surface area contributed by atoms with Crippen molar-refractivity contribution in [2.45, 2.75) is 118 Å². The molecule has 1 aliphatic heterocycles. The molecule has 1 aliphatic rings. The van der Waals surface area contributed by atoms with Crippen molar-refractivity contribution in [3.63, 3.8) is 0 Å². The topological polar surface area (TPSA) is 184 Å². The third kappa shape index (κ3) is 14.3. The maximum atomic E-state index is 14.7. The van der Waals surface area contributed by atoms with Crippen LogP contribution >= 0.6 is 0 Å². The molecule has 5 rings (SSSR count). The molecule has 3 amide bonds. The number of ether oxygens (including phenoxy) is 3. The number of Topliss-reactive ketones (excluding diaryl/α,β-unsaturated/α-hetero) is 2. The number of fused-ring (bicyclic) bond motifs is 5. The summed E-state index contributed by atoms with van der Waals surface area (Å²) in [6.07, 6.45) is 3.58. The van der Waals surface area contributed by atoms with Gasteiger partial charge in [-0.3, -0.25) is 19.2 Å². The molecule has 4 N–H and O–H groups in total. The summed E-state index contributed by atoms with van der Waals surface area (Å²) in [5, 5.41) is 24.2. The molecule has 4 bridgehead atoms. The lowest BCUT2D eigenvalue weighted by Gasteiger charge is -2.32. The Hall–Kier alpha value is -6.34. The number of ketones is 2. The molecule has 0 radical (unpaired) electrons. The maximum absolute atomic E-state index is 14.7. The SMILES string of the molecule is CCCCc1ccc(-c2ccc(C(=O)C[C@@H](CC)C(=O)N(C)[C@@H]3C(=O)C[C@@H](C)C(=O)N[C@H](C(=N)CO)Cc4ccc(OCCNC(=O)OC(C)(C)C)c(c4)-c4cc3ccc4OCCC)cc2)cc1. The third-order valence-corrected chi connectivity index (χ3v) is 12.1. The van der Waals surface area contributed by atoms with E-state index in [1.807, 2.05) is 38.1 Å². The van der Waals surface area contributed by atoms with Gasteiger partial charge in [-0.2, -0.15) is 0 Å². The maximum Gasteiger partial charge on any atom is 0.407 e. The quantitative estimate of drug-likeness (QED) is 0.0404. The van der Waals surface area contributed by atoms with Crippen LogP contribution in [-0.4, -0.2) is 90.2 Å². The Labute approximate surface area is 401 Å². The van der Waals surface area contributed by atoms with Crippen molar-refractivity contribution in [2.24, 2.45) is 11.8 Å². The molecule has 0 unspecified atom stereocenters. The first-order chi connectivity index (χ1) is 32.5. The van der Waals surface area contributed by atoms with Crippen LogP contribution in [0.25, 0.3) is 22.3 Å². The lowest BCUT2D eigenvalue weighted by Crippen LogP contribution is -2.46. The Bertz CT molecular complexity index is 2390. The van der Waals surface area contributed by atoms with Crippen LogP contribution in [-0.2, 0) is 32.0 Å². The third-order valence-electron chi connectivity index (χ3n) is 12.1. The van der Waals surface area contributed by atoms with Crippen molar-refractivity contribution < 1.29 is 43.3 Å². The molecule has 13 heteroatoms. The molecule has 4 aromatic carbocycles. The average molecular weight is 931 g/mol. The van der Waals surface area contributed by atoms with Crippen molar-refractivity contribution in [1.82, 2.24) is 15.5 Å². The number of nitrogens with one attached hydrogen (secondary N) is 3. The fourth-order valence-corrected chi connectivity index (χ4v) is 8.24. The largest absolute Gasteiger partial charge is 0.493 e. The van der Waals surface area contributed by atoms with E-state index in [1.54, 1.807) is 71.1 Å². The monoisotopic (exact) mass is 931 g/mol. The Kier molecular flexibility index (Phi) is 19.0. The number of rotatable bonds is 19. The van der Waals surface area contributed by atoms with Crippen molar-refractivity contribution >= 4 is 35.2 Å². The van der Waals surface area contributed by atoms with Crippen LogP contribution in [0, 0.1) is 17.2 Å². The van der Waals surface area contributed by atoms with Gasteiger partial charge in [-0.15, -0.1) is 0 Å². The highest BCUT2D eigenvalue weighted by molar-refractivity contribution is 6.00. The summed E-state index contributed by atoms with van der Waals surface area (Å²) >= 11 is 0. The Balaban J connectivity index is 1.51. The Morgan fingerprint density at radius 3 is 2.10 bits per heavy atom. The number of hydrogen-bond acceptors (Lipinski definition) is 10. The first-order valence-electron chi connectivity index (χ1n) is 24.0. The molecule has 1 heterocycles. The summed E-state index contributed by atoms with van der Waals surface area (Å²) in [6, 6.07) is 24.5. The van der Waals surface area contributed by atoms with Gasteiger partial charge < -0.3 is 40.3 Å². The molecule has 0 fully saturated rings. The average Bonchev–Trinajstić information content (AvgIpc) is 3.32. The van der Waals surface area contributed by atoms with E-state index in [2.05, 4.69) is 41.8 Å². The second kappa shape index (κ2) is 24.6. The minimum Gasteiger partial charge on any atom is -0.493 e. The van der Waals surface area contributed by atoms with Crippen LogP contribution in [0.5, 0.6) is 11.5 Å². The van der Waals surface area contributed by atoms with E-state index in [0.717, 1.165) is 30.4 Å². The number of alkyl carbamates (subject to hydrolysis) is 1. The summed E-state index contributed by atoms with van der Waals surface area (Å²) in [6.45, 7) is 12.9. The highest BCUT2D eigenvalue weighted by Crippen LogP contribution is 2.41. The predicted octanol–water partition coefficient (Wildman–Crippen LogP) is 9.50. The van der Waals surface area contributed by atoms with Crippen molar-refractivity contribution in [3.05, 3.63) is 107 Å². The zero-order chi connectivity index (χ0) is 49.5. The molecule has 68 heavy (non-hydrogen) atoms. The molecular formula is C55H70N4O9. The highest BCUT2D eigenvalue weighted by Gasteiger charge is 2.36. The highest BCUT2D eigenvalue weighted by atomic mass is 16.6. The van der Waals surface area contributed by atoms with Gasteiger partial charge >= 0.3 is 6.09 Å². The fraction of sp³-hybridized carbons (Fsp3) is 0.455.